The van der Waals surface area contributed by atoms with Gasteiger partial charge in [-0.15, -0.1) is 12.4 Å². The molecule has 1 atom stereocenters. The van der Waals surface area contributed by atoms with Crippen molar-refractivity contribution >= 4 is 32.9 Å². The van der Waals surface area contributed by atoms with E-state index in [1.807, 2.05) is 6.92 Å². The van der Waals surface area contributed by atoms with Crippen molar-refractivity contribution in [2.45, 2.75) is 36.5 Å². The van der Waals surface area contributed by atoms with E-state index in [0.29, 0.717) is 0 Å². The van der Waals surface area contributed by atoms with E-state index in [2.05, 4.69) is 29.6 Å². The summed E-state index contributed by atoms with van der Waals surface area (Å²) in [6, 6.07) is 0. The quantitative estimate of drug-likeness (QED) is 0.732. The fourth-order valence-electron chi connectivity index (χ4n) is 1.74. The molecule has 3 nitrogen and oxygen atoms in total. The largest absolute Gasteiger partial charge is 0.147 e. The second kappa shape index (κ2) is 5.67. The topological polar surface area (TPSA) is 34.0 Å². The summed E-state index contributed by atoms with van der Waals surface area (Å²) < 4.78 is 5.61. The van der Waals surface area contributed by atoms with Crippen LogP contribution in [-0.2, 0) is 23.0 Å². The maximum Gasteiger partial charge on any atom is -0.147 e. The third-order valence-electron chi connectivity index (χ3n) is 2.20. The minimum atomic E-state index is -1.36. The van der Waals surface area contributed by atoms with Crippen molar-refractivity contribution in [1.29, 1.82) is 0 Å². The van der Waals surface area contributed by atoms with E-state index in [0.717, 1.165) is 24.9 Å². The monoisotopic (exact) mass is 297 g/mol. The molecule has 0 N–H and O–H groups in total. The summed E-state index contributed by atoms with van der Waals surface area (Å²) in [5.74, 6) is 0. The summed E-state index contributed by atoms with van der Waals surface area (Å²) >= 11 is 1.04. The first-order valence-corrected chi connectivity index (χ1v) is 10.0. The molecule has 1 aliphatic rings. The molecule has 0 amide bonds. The maximum absolute atomic E-state index is 5.86. The Labute approximate surface area is 109 Å². The van der Waals surface area contributed by atoms with Crippen LogP contribution in [0, 0.1) is 0 Å². The molecule has 0 radical (unpaired) electrons. The standard InChI is InChI=1S/C9H17N2OSi.ClH.Zn/c1-5-12-9(13(2,3)4)8-10-6-7-11-8;;/h6-7,9H,5H2,1-4H3;1H;. The zero-order valence-corrected chi connectivity index (χ0v) is 14.6. The van der Waals surface area contributed by atoms with E-state index in [1.54, 1.807) is 12.4 Å². The molecule has 1 rings (SSSR count). The van der Waals surface area contributed by atoms with Crippen molar-refractivity contribution < 1.29 is 23.0 Å². The van der Waals surface area contributed by atoms with Crippen molar-refractivity contribution in [2.24, 2.45) is 9.98 Å². The van der Waals surface area contributed by atoms with Crippen LogP contribution in [0.3, 0.4) is 0 Å². The molecule has 0 aromatic heterocycles. The van der Waals surface area contributed by atoms with Gasteiger partial charge in [-0.25, -0.2) is 0 Å². The van der Waals surface area contributed by atoms with E-state index in [1.165, 1.54) is 0 Å². The second-order valence-electron chi connectivity index (χ2n) is 4.64. The fraction of sp³-hybridized carbons (Fsp3) is 0.778. The Balaban J connectivity index is 0.00000196. The Morgan fingerprint density at radius 3 is 2.13 bits per heavy atom. The Morgan fingerprint density at radius 2 is 1.80 bits per heavy atom. The Morgan fingerprint density at radius 1 is 1.33 bits per heavy atom. The van der Waals surface area contributed by atoms with Gasteiger partial charge in [0.2, 0.25) is 0 Å². The van der Waals surface area contributed by atoms with Crippen molar-refractivity contribution in [1.82, 2.24) is 0 Å². The summed E-state index contributed by atoms with van der Waals surface area (Å²) in [6.07, 6.45) is 3.60. The van der Waals surface area contributed by atoms with E-state index in [-0.39, 0.29) is 22.4 Å². The minimum absolute atomic E-state index is 0. The molecule has 6 heteroatoms. The number of ether oxygens (including phenoxy) is 1. The van der Waals surface area contributed by atoms with Gasteiger partial charge in [0.15, 0.2) is 0 Å². The third kappa shape index (κ3) is 3.74. The summed E-state index contributed by atoms with van der Waals surface area (Å²) in [4.78, 5) is 8.94. The van der Waals surface area contributed by atoms with Gasteiger partial charge in [0.25, 0.3) is 0 Å². The van der Waals surface area contributed by atoms with E-state index in [4.69, 9.17) is 4.74 Å². The zero-order chi connectivity index (χ0) is 10.8. The fourth-order valence-corrected chi connectivity index (χ4v) is 8.48. The molecule has 0 fully saturated rings. The molecular weight excluding hydrogens is 281 g/mol. The van der Waals surface area contributed by atoms with Crippen LogP contribution in [0.1, 0.15) is 6.92 Å². The number of aliphatic imine (C=N–C) groups is 2. The molecule has 0 saturated heterocycles. The first-order chi connectivity index (χ1) is 6.40. The molecule has 0 aromatic carbocycles. The smallest absolute Gasteiger partial charge is 0.147 e. The Kier molecular flexibility index (Phi) is 5.83. The van der Waals surface area contributed by atoms with Gasteiger partial charge in [0, 0.05) is 0 Å². The van der Waals surface area contributed by atoms with Gasteiger partial charge < -0.3 is 0 Å². The molecule has 0 aromatic rings. The summed E-state index contributed by atoms with van der Waals surface area (Å²) in [5.41, 5.74) is 0.218. The van der Waals surface area contributed by atoms with Crippen molar-refractivity contribution in [2.75, 3.05) is 6.61 Å². The molecule has 15 heavy (non-hydrogen) atoms. The van der Waals surface area contributed by atoms with Gasteiger partial charge in [-0.1, -0.05) is 0 Å². The molecule has 83 valence electrons. The van der Waals surface area contributed by atoms with Gasteiger partial charge in [0.05, 0.1) is 0 Å². The normalized spacial score (nSPS) is 20.1. The SMILES string of the molecule is CCOC([C]1([Zn])N=CC=N1)[Si](C)(C)C.Cl. The number of halogens is 1. The first-order valence-electron chi connectivity index (χ1n) is 4.96. The van der Waals surface area contributed by atoms with Crippen molar-refractivity contribution in [3.05, 3.63) is 0 Å². The second-order valence-corrected chi connectivity index (χ2v) is 12.1. The minimum Gasteiger partial charge on any atom is -0.147 e. The van der Waals surface area contributed by atoms with Crippen molar-refractivity contribution in [3.63, 3.8) is 0 Å². The predicted molar refractivity (Wildman–Crippen MR) is 65.7 cm³/mol. The number of hydrogen-bond acceptors (Lipinski definition) is 3. The zero-order valence-electron chi connectivity index (χ0n) is 9.86. The van der Waals surface area contributed by atoms with E-state index in [9.17, 15) is 0 Å². The number of nitrogens with zero attached hydrogens (tertiary/aromatic N) is 2. The van der Waals surface area contributed by atoms with Gasteiger partial charge >= 0.3 is 96.7 Å². The number of hydrogen-bond donors (Lipinski definition) is 0. The summed E-state index contributed by atoms with van der Waals surface area (Å²) in [7, 11) is -1.36. The molecule has 0 aliphatic carbocycles. The van der Waals surface area contributed by atoms with Crippen LogP contribution in [0.5, 0.6) is 0 Å². The van der Waals surface area contributed by atoms with Crippen LogP contribution in [0.4, 0.5) is 0 Å². The average Bonchev–Trinajstić information content (AvgIpc) is 2.46. The van der Waals surface area contributed by atoms with Crippen LogP contribution >= 0.6 is 12.4 Å². The molecule has 1 aliphatic heterocycles. The first kappa shape index (κ1) is 15.4. The molecule has 0 saturated carbocycles. The average molecular weight is 299 g/mol. The molecule has 0 bridgehead atoms. The predicted octanol–water partition coefficient (Wildman–Crippen LogP) is 2.05. The van der Waals surface area contributed by atoms with Gasteiger partial charge in [-0.05, 0) is 0 Å². The molecule has 0 spiro atoms. The van der Waals surface area contributed by atoms with Crippen LogP contribution < -0.4 is 0 Å². The number of rotatable bonds is 4. The molecule has 1 unspecified atom stereocenters. The van der Waals surface area contributed by atoms with Gasteiger partial charge in [0.1, 0.15) is 0 Å². The van der Waals surface area contributed by atoms with Crippen LogP contribution in [0.2, 0.25) is 19.6 Å². The third-order valence-corrected chi connectivity index (χ3v) is 6.81. The van der Waals surface area contributed by atoms with E-state index >= 15 is 0 Å². The van der Waals surface area contributed by atoms with Crippen LogP contribution in [0.15, 0.2) is 9.98 Å². The van der Waals surface area contributed by atoms with Crippen LogP contribution in [-0.4, -0.2) is 37.1 Å². The molecular formula is C9H18ClN2OSiZn. The van der Waals surface area contributed by atoms with Crippen molar-refractivity contribution in [3.8, 4) is 0 Å². The summed E-state index contributed by atoms with van der Waals surface area (Å²) in [6.45, 7) is 9.73. The van der Waals surface area contributed by atoms with E-state index < -0.39 is 8.07 Å². The molecule has 1 heterocycles. The van der Waals surface area contributed by atoms with Gasteiger partial charge in [-0.2, -0.15) is 0 Å². The summed E-state index contributed by atoms with van der Waals surface area (Å²) in [5, 5.41) is 0. The van der Waals surface area contributed by atoms with Crippen LogP contribution in [0.25, 0.3) is 0 Å². The van der Waals surface area contributed by atoms with Gasteiger partial charge in [-0.3, -0.25) is 0 Å². The maximum atomic E-state index is 5.86. The Bertz CT molecular complexity index is 253. The Hall–Kier alpha value is 0.430.